The summed E-state index contributed by atoms with van der Waals surface area (Å²) in [6.45, 7) is 7.69. The van der Waals surface area contributed by atoms with Gasteiger partial charge in [-0.15, -0.1) is 0 Å². The maximum atomic E-state index is 11.7. The number of hydrogen-bond acceptors (Lipinski definition) is 2. The summed E-state index contributed by atoms with van der Waals surface area (Å²) < 4.78 is 0. The molecule has 1 unspecified atom stereocenters. The van der Waals surface area contributed by atoms with Crippen molar-refractivity contribution in [3.8, 4) is 0 Å². The molecule has 0 saturated heterocycles. The van der Waals surface area contributed by atoms with Crippen molar-refractivity contribution in [2.75, 3.05) is 19.6 Å². The number of unbranched alkanes of at least 4 members (excludes halogenated alkanes) is 1. The summed E-state index contributed by atoms with van der Waals surface area (Å²) in [7, 11) is 0. The van der Waals surface area contributed by atoms with E-state index in [2.05, 4.69) is 12.2 Å². The average molecular weight is 244 g/mol. The zero-order valence-electron chi connectivity index (χ0n) is 11.0. The lowest BCUT2D eigenvalue weighted by Gasteiger charge is -2.22. The minimum absolute atomic E-state index is 0.0404. The van der Waals surface area contributed by atoms with Gasteiger partial charge in [0, 0.05) is 26.1 Å². The second-order valence-corrected chi connectivity index (χ2v) is 4.32. The molecule has 0 aromatic rings. The maximum Gasteiger partial charge on any atom is 0.317 e. The molecule has 0 aliphatic carbocycles. The number of hydrogen-bond donors (Lipinski definition) is 2. The summed E-state index contributed by atoms with van der Waals surface area (Å²) in [5, 5.41) is 11.4. The first kappa shape index (κ1) is 15.7. The van der Waals surface area contributed by atoms with Crippen LogP contribution in [0.15, 0.2) is 0 Å². The van der Waals surface area contributed by atoms with E-state index < -0.39 is 5.97 Å². The van der Waals surface area contributed by atoms with Gasteiger partial charge in [0.15, 0.2) is 0 Å². The number of amides is 2. The van der Waals surface area contributed by atoms with Crippen LogP contribution in [0.1, 0.15) is 40.0 Å². The van der Waals surface area contributed by atoms with Crippen LogP contribution in [0.5, 0.6) is 0 Å². The van der Waals surface area contributed by atoms with E-state index in [0.717, 1.165) is 19.4 Å². The Morgan fingerprint density at radius 2 is 2.00 bits per heavy atom. The van der Waals surface area contributed by atoms with Crippen molar-refractivity contribution >= 4 is 12.0 Å². The Morgan fingerprint density at radius 1 is 1.35 bits per heavy atom. The summed E-state index contributed by atoms with van der Waals surface area (Å²) in [6, 6.07) is -0.0989. The molecule has 1 atom stereocenters. The molecule has 0 aromatic carbocycles. The van der Waals surface area contributed by atoms with Gasteiger partial charge in [-0.2, -0.15) is 0 Å². The first-order valence-corrected chi connectivity index (χ1v) is 6.25. The zero-order valence-corrected chi connectivity index (χ0v) is 11.0. The molecule has 0 heterocycles. The molecule has 0 aliphatic heterocycles. The van der Waals surface area contributed by atoms with E-state index in [4.69, 9.17) is 5.11 Å². The van der Waals surface area contributed by atoms with Crippen LogP contribution in [0.25, 0.3) is 0 Å². The number of urea groups is 1. The van der Waals surface area contributed by atoms with Gasteiger partial charge in [-0.25, -0.2) is 4.79 Å². The maximum absolute atomic E-state index is 11.7. The largest absolute Gasteiger partial charge is 0.481 e. The molecule has 17 heavy (non-hydrogen) atoms. The predicted molar refractivity (Wildman–Crippen MR) is 67.0 cm³/mol. The summed E-state index contributed by atoms with van der Waals surface area (Å²) in [5.41, 5.74) is 0. The molecule has 5 heteroatoms. The highest BCUT2D eigenvalue weighted by Crippen LogP contribution is 2.01. The van der Waals surface area contributed by atoms with Crippen molar-refractivity contribution < 1.29 is 14.7 Å². The van der Waals surface area contributed by atoms with E-state index in [9.17, 15) is 9.59 Å². The molecule has 0 bridgehead atoms. The quantitative estimate of drug-likeness (QED) is 0.685. The number of carboxylic acids is 1. The van der Waals surface area contributed by atoms with E-state index in [0.29, 0.717) is 13.1 Å². The highest BCUT2D eigenvalue weighted by atomic mass is 16.4. The second kappa shape index (κ2) is 8.84. The van der Waals surface area contributed by atoms with Crippen molar-refractivity contribution in [2.45, 2.75) is 40.0 Å². The number of nitrogens with one attached hydrogen (secondary N) is 1. The molecule has 0 aliphatic rings. The number of carboxylic acid groups (broad SMARTS) is 1. The lowest BCUT2D eigenvalue weighted by Crippen LogP contribution is -2.42. The fourth-order valence-corrected chi connectivity index (χ4v) is 1.50. The molecule has 5 nitrogen and oxygen atoms in total. The third-order valence-electron chi connectivity index (χ3n) is 2.58. The van der Waals surface area contributed by atoms with Crippen LogP contribution in [-0.4, -0.2) is 41.6 Å². The van der Waals surface area contributed by atoms with Gasteiger partial charge in [0.1, 0.15) is 0 Å². The van der Waals surface area contributed by atoms with Gasteiger partial charge in [0.2, 0.25) is 0 Å². The minimum Gasteiger partial charge on any atom is -0.481 e. The van der Waals surface area contributed by atoms with Crippen LogP contribution in [0, 0.1) is 5.92 Å². The normalized spacial score (nSPS) is 11.9. The van der Waals surface area contributed by atoms with Gasteiger partial charge in [0.25, 0.3) is 0 Å². The number of rotatable bonds is 8. The van der Waals surface area contributed by atoms with Gasteiger partial charge in [-0.1, -0.05) is 20.3 Å². The zero-order chi connectivity index (χ0) is 13.3. The highest BCUT2D eigenvalue weighted by molar-refractivity contribution is 5.74. The van der Waals surface area contributed by atoms with Gasteiger partial charge >= 0.3 is 12.0 Å². The monoisotopic (exact) mass is 244 g/mol. The Labute approximate surface area is 103 Å². The summed E-state index contributed by atoms with van der Waals surface area (Å²) >= 11 is 0. The molecular weight excluding hydrogens is 220 g/mol. The Balaban J connectivity index is 3.92. The SMILES string of the molecule is CCCCN(CC)C(=O)NCC(C)CC(=O)O. The van der Waals surface area contributed by atoms with Gasteiger partial charge in [-0.05, 0) is 19.3 Å². The number of carbonyl (C=O) groups is 2. The van der Waals surface area contributed by atoms with Crippen LogP contribution in [0.4, 0.5) is 4.79 Å². The average Bonchev–Trinajstić information content (AvgIpc) is 2.26. The van der Waals surface area contributed by atoms with Crippen molar-refractivity contribution in [1.82, 2.24) is 10.2 Å². The van der Waals surface area contributed by atoms with Crippen LogP contribution in [-0.2, 0) is 4.79 Å². The number of aliphatic carboxylic acids is 1. The van der Waals surface area contributed by atoms with E-state index in [1.54, 1.807) is 4.90 Å². The van der Waals surface area contributed by atoms with Crippen molar-refractivity contribution in [3.63, 3.8) is 0 Å². The molecule has 0 rings (SSSR count). The Bertz CT molecular complexity index is 244. The lowest BCUT2D eigenvalue weighted by atomic mass is 10.1. The highest BCUT2D eigenvalue weighted by Gasteiger charge is 2.13. The second-order valence-electron chi connectivity index (χ2n) is 4.32. The van der Waals surface area contributed by atoms with Crippen molar-refractivity contribution in [1.29, 1.82) is 0 Å². The molecule has 2 amide bonds. The molecule has 0 spiro atoms. The smallest absolute Gasteiger partial charge is 0.317 e. The number of nitrogens with zero attached hydrogens (tertiary/aromatic N) is 1. The molecule has 0 saturated carbocycles. The summed E-state index contributed by atoms with van der Waals surface area (Å²) in [6.07, 6.45) is 2.13. The lowest BCUT2D eigenvalue weighted by molar-refractivity contribution is -0.137. The van der Waals surface area contributed by atoms with Gasteiger partial charge in [0.05, 0.1) is 0 Å². The molecule has 2 N–H and O–H groups in total. The first-order chi connectivity index (χ1) is 8.01. The Kier molecular flexibility index (Phi) is 8.19. The third kappa shape index (κ3) is 7.60. The minimum atomic E-state index is -0.829. The molecule has 0 radical (unpaired) electrons. The van der Waals surface area contributed by atoms with E-state index >= 15 is 0 Å². The standard InChI is InChI=1S/C12H24N2O3/c1-4-6-7-14(5-2)12(17)13-9-10(3)8-11(15)16/h10H,4-9H2,1-3H3,(H,13,17)(H,15,16). The predicted octanol–water partition coefficient (Wildman–Crippen LogP) is 1.93. The number of carbonyl (C=O) groups excluding carboxylic acids is 1. The third-order valence-corrected chi connectivity index (χ3v) is 2.58. The Hall–Kier alpha value is -1.26. The van der Waals surface area contributed by atoms with Gasteiger partial charge in [-0.3, -0.25) is 4.79 Å². The van der Waals surface area contributed by atoms with E-state index in [-0.39, 0.29) is 18.4 Å². The molecule has 0 fully saturated rings. The fraction of sp³-hybridized carbons (Fsp3) is 0.833. The fourth-order valence-electron chi connectivity index (χ4n) is 1.50. The van der Waals surface area contributed by atoms with Crippen LogP contribution in [0.2, 0.25) is 0 Å². The topological polar surface area (TPSA) is 69.6 Å². The van der Waals surface area contributed by atoms with Crippen LogP contribution < -0.4 is 5.32 Å². The van der Waals surface area contributed by atoms with Gasteiger partial charge < -0.3 is 15.3 Å². The van der Waals surface area contributed by atoms with Crippen molar-refractivity contribution in [2.24, 2.45) is 5.92 Å². The summed E-state index contributed by atoms with van der Waals surface area (Å²) in [4.78, 5) is 23.9. The molecule has 0 aromatic heterocycles. The van der Waals surface area contributed by atoms with Crippen molar-refractivity contribution in [3.05, 3.63) is 0 Å². The first-order valence-electron chi connectivity index (χ1n) is 6.25. The molecule has 100 valence electrons. The summed E-state index contributed by atoms with van der Waals surface area (Å²) in [5.74, 6) is -0.869. The molecular formula is C12H24N2O3. The van der Waals surface area contributed by atoms with E-state index in [1.165, 1.54) is 0 Å². The van der Waals surface area contributed by atoms with Crippen LogP contribution in [0.3, 0.4) is 0 Å². The Morgan fingerprint density at radius 3 is 2.47 bits per heavy atom. The van der Waals surface area contributed by atoms with Crippen LogP contribution >= 0.6 is 0 Å². The van der Waals surface area contributed by atoms with E-state index in [1.807, 2.05) is 13.8 Å².